The van der Waals surface area contributed by atoms with Gasteiger partial charge in [0.2, 0.25) is 0 Å². The van der Waals surface area contributed by atoms with Crippen LogP contribution < -0.4 is 0 Å². The van der Waals surface area contributed by atoms with Crippen LogP contribution in [0.2, 0.25) is 0 Å². The molecule has 1 rings (SSSR count). The lowest BCUT2D eigenvalue weighted by molar-refractivity contribution is -0.137. The van der Waals surface area contributed by atoms with Gasteiger partial charge in [0.05, 0.1) is 4.88 Å². The van der Waals surface area contributed by atoms with E-state index in [0.717, 1.165) is 6.20 Å². The third-order valence-electron chi connectivity index (χ3n) is 1.17. The Morgan fingerprint density at radius 2 is 2.07 bits per heavy atom. The van der Waals surface area contributed by atoms with Crippen molar-refractivity contribution in [3.8, 4) is 0 Å². The van der Waals surface area contributed by atoms with Gasteiger partial charge in [-0.3, -0.25) is 4.21 Å². The number of rotatable bonds is 1. The monoisotopic (exact) mass is 243 g/mol. The molecular weight excluding hydrogens is 235 g/mol. The highest BCUT2D eigenvalue weighted by molar-refractivity contribution is 8.00. The zero-order valence-electron chi connectivity index (χ0n) is 7.46. The second kappa shape index (κ2) is 3.54. The number of alkyl halides is 3. The van der Waals surface area contributed by atoms with Crippen LogP contribution in [-0.4, -0.2) is 27.1 Å². The first-order valence-electron chi connectivity index (χ1n) is 3.50. The zero-order chi connectivity index (χ0) is 11.0. The molecule has 0 bridgehead atoms. The van der Waals surface area contributed by atoms with E-state index in [2.05, 4.69) is 4.98 Å². The van der Waals surface area contributed by atoms with Crippen LogP contribution in [0.3, 0.4) is 0 Å². The maximum absolute atomic E-state index is 12.1. The molecule has 1 heterocycles. The van der Waals surface area contributed by atoms with Gasteiger partial charge in [0.25, 0.3) is 0 Å². The van der Waals surface area contributed by atoms with Crippen molar-refractivity contribution in [2.24, 2.45) is 0 Å². The van der Waals surface area contributed by atoms with Crippen molar-refractivity contribution in [1.82, 2.24) is 4.98 Å². The van der Waals surface area contributed by atoms with Crippen molar-refractivity contribution in [2.45, 2.75) is 6.18 Å². The molecule has 1 aromatic rings. The summed E-state index contributed by atoms with van der Waals surface area (Å²) in [6.45, 7) is 0. The molecule has 2 nitrogen and oxygen atoms in total. The molecule has 0 aliphatic rings. The molecular formula is C7H8F3NOS2. The van der Waals surface area contributed by atoms with E-state index < -0.39 is 20.7 Å². The van der Waals surface area contributed by atoms with Crippen molar-refractivity contribution in [3.63, 3.8) is 0 Å². The van der Waals surface area contributed by atoms with Gasteiger partial charge in [0, 0.05) is 24.1 Å². The van der Waals surface area contributed by atoms with Crippen molar-refractivity contribution < 1.29 is 17.4 Å². The predicted octanol–water partition coefficient (Wildman–Crippen LogP) is 1.86. The molecule has 1 aromatic heterocycles. The minimum atomic E-state index is -4.42. The molecule has 0 saturated heterocycles. The van der Waals surface area contributed by atoms with Crippen LogP contribution in [0.5, 0.6) is 0 Å². The number of nitrogens with zero attached hydrogens (tertiary/aromatic N) is 1. The molecule has 0 saturated carbocycles. The molecule has 0 N–H and O–H groups in total. The minimum Gasteiger partial charge on any atom is -0.268 e. The second-order valence-electron chi connectivity index (χ2n) is 2.99. The number of halogens is 3. The average molecular weight is 243 g/mol. The van der Waals surface area contributed by atoms with E-state index in [1.165, 1.54) is 17.9 Å². The molecule has 0 amide bonds. The summed E-state index contributed by atoms with van der Waals surface area (Å²) in [6, 6.07) is 0. The van der Waals surface area contributed by atoms with E-state index in [4.69, 9.17) is 0 Å². The van der Waals surface area contributed by atoms with Gasteiger partial charge >= 0.3 is 6.18 Å². The van der Waals surface area contributed by atoms with Crippen molar-refractivity contribution in [3.05, 3.63) is 16.1 Å². The Hall–Kier alpha value is -0.560. The maximum atomic E-state index is 12.1. The van der Waals surface area contributed by atoms with E-state index in [1.807, 2.05) is 0 Å². The van der Waals surface area contributed by atoms with Crippen LogP contribution in [0.25, 0.3) is 0 Å². The predicted molar refractivity (Wildman–Crippen MR) is 52.3 cm³/mol. The highest BCUT2D eigenvalue weighted by Gasteiger charge is 2.34. The first-order chi connectivity index (χ1) is 6.18. The van der Waals surface area contributed by atoms with Gasteiger partial charge in [-0.2, -0.15) is 13.2 Å². The molecule has 0 radical (unpaired) electrons. The average Bonchev–Trinajstić information content (AvgIpc) is 2.29. The zero-order valence-corrected chi connectivity index (χ0v) is 9.09. The summed E-state index contributed by atoms with van der Waals surface area (Å²) in [6.07, 6.45) is -0.417. The Bertz CT molecular complexity index is 432. The molecule has 0 aliphatic heterocycles. The van der Waals surface area contributed by atoms with E-state index in [1.54, 1.807) is 0 Å². The molecule has 0 fully saturated rings. The van der Waals surface area contributed by atoms with E-state index in [9.17, 15) is 17.4 Å². The van der Waals surface area contributed by atoms with Gasteiger partial charge in [-0.25, -0.2) is 4.98 Å². The van der Waals surface area contributed by atoms with Crippen molar-refractivity contribution in [2.75, 3.05) is 12.5 Å². The van der Waals surface area contributed by atoms with E-state index in [-0.39, 0.29) is 4.88 Å². The Morgan fingerprint density at radius 1 is 1.50 bits per heavy atom. The highest BCUT2D eigenvalue weighted by atomic mass is 32.2. The Labute approximate surface area is 83.8 Å². The lowest BCUT2D eigenvalue weighted by atomic mass is 10.6. The largest absolute Gasteiger partial charge is 0.443 e. The molecule has 0 aromatic carbocycles. The lowest BCUT2D eigenvalue weighted by Gasteiger charge is -1.98. The third-order valence-corrected chi connectivity index (χ3v) is 3.13. The number of hydrogen-bond donors (Lipinski definition) is 0. The molecule has 7 heteroatoms. The fourth-order valence-electron chi connectivity index (χ4n) is 0.752. The quantitative estimate of drug-likeness (QED) is 0.705. The first kappa shape index (κ1) is 11.5. The van der Waals surface area contributed by atoms with Crippen molar-refractivity contribution in [1.29, 1.82) is 0 Å². The van der Waals surface area contributed by atoms with Crippen LogP contribution in [0.15, 0.2) is 6.20 Å². The fourth-order valence-corrected chi connectivity index (χ4v) is 2.81. The number of thiazole rings is 1. The molecule has 0 unspecified atom stereocenters. The summed E-state index contributed by atoms with van der Waals surface area (Å²) in [5.41, 5.74) is 0. The smallest absolute Gasteiger partial charge is 0.268 e. The summed E-state index contributed by atoms with van der Waals surface area (Å²) in [7, 11) is -2.18. The van der Waals surface area contributed by atoms with E-state index in [0.29, 0.717) is 11.3 Å². The van der Waals surface area contributed by atoms with Gasteiger partial charge in [-0.1, -0.05) is 0 Å². The van der Waals surface area contributed by atoms with Gasteiger partial charge in [0.15, 0.2) is 5.01 Å². The maximum Gasteiger partial charge on any atom is 0.443 e. The second-order valence-corrected chi connectivity index (χ2v) is 6.91. The molecule has 80 valence electrons. The lowest BCUT2D eigenvalue weighted by Crippen LogP contribution is -2.02. The van der Waals surface area contributed by atoms with E-state index >= 15 is 0 Å². The van der Waals surface area contributed by atoms with Crippen LogP contribution in [0, 0.1) is 0 Å². The van der Waals surface area contributed by atoms with Crippen molar-refractivity contribution >= 4 is 26.2 Å². The van der Waals surface area contributed by atoms with Gasteiger partial charge < -0.3 is 0 Å². The van der Waals surface area contributed by atoms with Gasteiger partial charge in [-0.05, 0) is 9.52 Å². The Balaban J connectivity index is 3.08. The van der Waals surface area contributed by atoms with Crippen LogP contribution >= 0.6 is 11.3 Å². The van der Waals surface area contributed by atoms with Crippen LogP contribution in [0.1, 0.15) is 9.88 Å². The summed E-state index contributed by atoms with van der Waals surface area (Å²) in [5.74, 6) is 0. The van der Waals surface area contributed by atoms with Gasteiger partial charge in [-0.15, -0.1) is 11.3 Å². The molecule has 0 spiro atoms. The first-order valence-corrected chi connectivity index (χ1v) is 6.76. The van der Waals surface area contributed by atoms with Crippen LogP contribution in [0.4, 0.5) is 13.2 Å². The molecule has 0 aliphatic carbocycles. The standard InChI is InChI=1S/C7H8F3NOS2/c1-14(2,12)4-5-3-11-6(13-5)7(8,9)10/h3-4H,1-2H3. The summed E-state index contributed by atoms with van der Waals surface area (Å²) >= 11 is 0.496. The number of aromatic nitrogens is 1. The summed E-state index contributed by atoms with van der Waals surface area (Å²) in [4.78, 5) is 3.49. The Kier molecular flexibility index (Phi) is 2.91. The fraction of sp³-hybridized carbons (Fsp3) is 0.429. The highest BCUT2D eigenvalue weighted by Crippen LogP contribution is 2.31. The van der Waals surface area contributed by atoms with Gasteiger partial charge in [0.1, 0.15) is 0 Å². The summed E-state index contributed by atoms with van der Waals surface area (Å²) < 4.78 is 47.5. The normalized spacial score (nSPS) is 12.9. The minimum absolute atomic E-state index is 0.285. The summed E-state index contributed by atoms with van der Waals surface area (Å²) in [5, 5.41) is 0.396. The number of hydrogen-bond acceptors (Lipinski definition) is 3. The molecule has 0 atom stereocenters. The Morgan fingerprint density at radius 3 is 2.43 bits per heavy atom. The SMILES string of the molecule is CS(C)(=O)=Cc1cnc(C(F)(F)F)s1. The third kappa shape index (κ3) is 3.30. The molecule has 14 heavy (non-hydrogen) atoms. The topological polar surface area (TPSA) is 30.0 Å². The van der Waals surface area contributed by atoms with Crippen LogP contribution in [-0.2, 0) is 15.7 Å².